The van der Waals surface area contributed by atoms with Gasteiger partial charge in [-0.3, -0.25) is 14.0 Å². The van der Waals surface area contributed by atoms with Crippen LogP contribution in [0.25, 0.3) is 22.4 Å². The minimum absolute atomic E-state index is 0.0696. The van der Waals surface area contributed by atoms with Crippen molar-refractivity contribution in [3.63, 3.8) is 0 Å². The summed E-state index contributed by atoms with van der Waals surface area (Å²) in [5.41, 5.74) is 4.59. The number of aryl methyl sites for hydroxylation is 1. The zero-order valence-corrected chi connectivity index (χ0v) is 21.2. The number of rotatable bonds is 7. The largest absolute Gasteiger partial charge is 0.355 e. The maximum atomic E-state index is 13.6. The normalized spacial score (nSPS) is 12.2. The molecule has 0 saturated carbocycles. The van der Waals surface area contributed by atoms with Crippen molar-refractivity contribution in [1.82, 2.24) is 24.5 Å². The fraction of sp³-hybridized carbons (Fsp3) is 0.214. The van der Waals surface area contributed by atoms with Crippen LogP contribution in [0.5, 0.6) is 0 Å². The number of amides is 1. The van der Waals surface area contributed by atoms with Gasteiger partial charge in [-0.1, -0.05) is 66.4 Å². The van der Waals surface area contributed by atoms with E-state index < -0.39 is 5.25 Å². The van der Waals surface area contributed by atoms with Crippen molar-refractivity contribution in [2.24, 2.45) is 0 Å². The molecule has 0 aliphatic rings. The second kappa shape index (κ2) is 9.99. The quantitative estimate of drug-likeness (QED) is 0.335. The Labute approximate surface area is 213 Å². The molecule has 1 N–H and O–H groups in total. The molecule has 0 bridgehead atoms. The minimum atomic E-state index is -0.395. The number of fused-ring (bicyclic) bond motifs is 3. The summed E-state index contributed by atoms with van der Waals surface area (Å²) in [6, 6.07) is 23.4. The standard InChI is InChI=1S/C28H27N5O2S/c1-18-10-9-15-23(19(18)2)32-26(35)22-13-7-8-14-24(22)33-27(32)30-31-28(33)36-20(3)25(34)29-17-16-21-11-5-4-6-12-21/h4-15,20H,16-17H2,1-3H3,(H,29,34). The lowest BCUT2D eigenvalue weighted by Crippen LogP contribution is -2.32. The predicted molar refractivity (Wildman–Crippen MR) is 144 cm³/mol. The van der Waals surface area contributed by atoms with Crippen LogP contribution in [0, 0.1) is 13.8 Å². The van der Waals surface area contributed by atoms with Crippen molar-refractivity contribution in [2.75, 3.05) is 6.54 Å². The Morgan fingerprint density at radius 3 is 2.53 bits per heavy atom. The average Bonchev–Trinajstić information content (AvgIpc) is 3.30. The molecule has 0 aliphatic heterocycles. The van der Waals surface area contributed by atoms with E-state index in [1.807, 2.05) is 98.0 Å². The van der Waals surface area contributed by atoms with Crippen LogP contribution in [0.15, 0.2) is 82.7 Å². The van der Waals surface area contributed by atoms with Crippen LogP contribution in [0.1, 0.15) is 23.6 Å². The van der Waals surface area contributed by atoms with E-state index in [0.717, 1.165) is 23.2 Å². The van der Waals surface area contributed by atoms with Gasteiger partial charge in [-0.05, 0) is 62.1 Å². The van der Waals surface area contributed by atoms with Crippen molar-refractivity contribution in [3.05, 3.63) is 99.8 Å². The van der Waals surface area contributed by atoms with E-state index in [0.29, 0.717) is 28.4 Å². The van der Waals surface area contributed by atoms with E-state index in [9.17, 15) is 9.59 Å². The smallest absolute Gasteiger partial charge is 0.267 e. The van der Waals surface area contributed by atoms with Crippen molar-refractivity contribution in [2.45, 2.75) is 37.6 Å². The number of aromatic nitrogens is 4. The van der Waals surface area contributed by atoms with E-state index in [1.54, 1.807) is 4.57 Å². The summed E-state index contributed by atoms with van der Waals surface area (Å²) in [5.74, 6) is 0.353. The number of nitrogens with zero attached hydrogens (tertiary/aromatic N) is 4. The molecule has 1 atom stereocenters. The van der Waals surface area contributed by atoms with E-state index in [-0.39, 0.29) is 11.5 Å². The Morgan fingerprint density at radius 1 is 0.972 bits per heavy atom. The zero-order chi connectivity index (χ0) is 25.2. The molecule has 182 valence electrons. The number of carbonyl (C=O) groups excluding carboxylic acids is 1. The number of nitrogens with one attached hydrogen (secondary N) is 1. The van der Waals surface area contributed by atoms with Crippen LogP contribution in [0.3, 0.4) is 0 Å². The molecular weight excluding hydrogens is 470 g/mol. The molecule has 1 unspecified atom stereocenters. The van der Waals surface area contributed by atoms with Crippen LogP contribution >= 0.6 is 11.8 Å². The molecule has 0 spiro atoms. The SMILES string of the molecule is Cc1cccc(-n2c(=O)c3ccccc3n3c(SC(C)C(=O)NCCc4ccccc4)nnc23)c1C. The highest BCUT2D eigenvalue weighted by molar-refractivity contribution is 8.00. The van der Waals surface area contributed by atoms with Gasteiger partial charge >= 0.3 is 0 Å². The van der Waals surface area contributed by atoms with E-state index in [2.05, 4.69) is 15.5 Å². The van der Waals surface area contributed by atoms with Crippen molar-refractivity contribution in [1.29, 1.82) is 0 Å². The summed E-state index contributed by atoms with van der Waals surface area (Å²) in [5, 5.41) is 12.6. The Hall–Kier alpha value is -3.91. The molecule has 2 aromatic heterocycles. The maximum absolute atomic E-state index is 13.6. The highest BCUT2D eigenvalue weighted by Crippen LogP contribution is 2.27. The lowest BCUT2D eigenvalue weighted by Gasteiger charge is -2.15. The van der Waals surface area contributed by atoms with Crippen LogP contribution in [-0.4, -0.2) is 36.9 Å². The van der Waals surface area contributed by atoms with Crippen LogP contribution in [-0.2, 0) is 11.2 Å². The highest BCUT2D eigenvalue weighted by Gasteiger charge is 2.22. The molecule has 0 aliphatic carbocycles. The summed E-state index contributed by atoms with van der Waals surface area (Å²) < 4.78 is 3.49. The molecule has 7 nitrogen and oxygen atoms in total. The summed E-state index contributed by atoms with van der Waals surface area (Å²) in [7, 11) is 0. The molecule has 5 aromatic rings. The first-order chi connectivity index (χ1) is 17.5. The molecule has 0 fully saturated rings. The maximum Gasteiger partial charge on any atom is 0.267 e. The van der Waals surface area contributed by atoms with Crippen LogP contribution in [0.4, 0.5) is 0 Å². The summed E-state index contributed by atoms with van der Waals surface area (Å²) in [6.07, 6.45) is 0.768. The second-order valence-electron chi connectivity index (χ2n) is 8.78. The molecule has 36 heavy (non-hydrogen) atoms. The van der Waals surface area contributed by atoms with Crippen molar-refractivity contribution < 1.29 is 4.79 Å². The summed E-state index contributed by atoms with van der Waals surface area (Å²) in [6.45, 7) is 6.43. The Kier molecular flexibility index (Phi) is 6.61. The molecular formula is C28H27N5O2S. The van der Waals surface area contributed by atoms with E-state index in [4.69, 9.17) is 0 Å². The predicted octanol–water partition coefficient (Wildman–Crippen LogP) is 4.49. The minimum Gasteiger partial charge on any atom is -0.355 e. The summed E-state index contributed by atoms with van der Waals surface area (Å²) >= 11 is 1.33. The molecule has 0 saturated heterocycles. The fourth-order valence-corrected chi connectivity index (χ4v) is 5.16. The Balaban J connectivity index is 1.50. The highest BCUT2D eigenvalue weighted by atomic mass is 32.2. The van der Waals surface area contributed by atoms with Gasteiger partial charge in [0.05, 0.1) is 21.8 Å². The van der Waals surface area contributed by atoms with Crippen molar-refractivity contribution >= 4 is 34.3 Å². The number of para-hydroxylation sites is 1. The molecule has 2 heterocycles. The van der Waals surface area contributed by atoms with Crippen LogP contribution in [0.2, 0.25) is 0 Å². The topological polar surface area (TPSA) is 81.3 Å². The van der Waals surface area contributed by atoms with Gasteiger partial charge in [-0.2, -0.15) is 0 Å². The third-order valence-corrected chi connectivity index (χ3v) is 7.46. The second-order valence-corrected chi connectivity index (χ2v) is 10.1. The van der Waals surface area contributed by atoms with Crippen LogP contribution < -0.4 is 10.9 Å². The Bertz CT molecular complexity index is 1620. The average molecular weight is 498 g/mol. The third kappa shape index (κ3) is 4.40. The first-order valence-electron chi connectivity index (χ1n) is 11.9. The van der Waals surface area contributed by atoms with Gasteiger partial charge in [-0.15, -0.1) is 10.2 Å². The van der Waals surface area contributed by atoms with Gasteiger partial charge in [-0.25, -0.2) is 4.57 Å². The molecule has 8 heteroatoms. The van der Waals surface area contributed by atoms with Gasteiger partial charge in [0.25, 0.3) is 5.56 Å². The molecule has 3 aromatic carbocycles. The monoisotopic (exact) mass is 497 g/mol. The number of hydrogen-bond donors (Lipinski definition) is 1. The molecule has 5 rings (SSSR count). The molecule has 0 radical (unpaired) electrons. The number of carbonyl (C=O) groups is 1. The summed E-state index contributed by atoms with van der Waals surface area (Å²) in [4.78, 5) is 26.4. The van der Waals surface area contributed by atoms with Gasteiger partial charge in [0.2, 0.25) is 11.7 Å². The van der Waals surface area contributed by atoms with Gasteiger partial charge in [0.15, 0.2) is 5.16 Å². The lowest BCUT2D eigenvalue weighted by molar-refractivity contribution is -0.120. The first-order valence-corrected chi connectivity index (χ1v) is 12.8. The van der Waals surface area contributed by atoms with Crippen molar-refractivity contribution in [3.8, 4) is 5.69 Å². The van der Waals surface area contributed by atoms with Gasteiger partial charge in [0, 0.05) is 6.54 Å². The number of benzene rings is 3. The molecule has 1 amide bonds. The van der Waals surface area contributed by atoms with E-state index in [1.165, 1.54) is 17.3 Å². The van der Waals surface area contributed by atoms with Gasteiger partial charge in [0.1, 0.15) is 0 Å². The zero-order valence-electron chi connectivity index (χ0n) is 20.4. The van der Waals surface area contributed by atoms with E-state index >= 15 is 0 Å². The lowest BCUT2D eigenvalue weighted by atomic mass is 10.1. The fourth-order valence-electron chi connectivity index (χ4n) is 4.28. The van der Waals surface area contributed by atoms with Gasteiger partial charge < -0.3 is 5.32 Å². The first kappa shape index (κ1) is 23.8. The third-order valence-electron chi connectivity index (χ3n) is 6.42. The number of thioether (sulfide) groups is 1. The Morgan fingerprint density at radius 2 is 1.72 bits per heavy atom. The number of hydrogen-bond acceptors (Lipinski definition) is 5.